The number of nitrogens with zero attached hydrogens (tertiary/aromatic N) is 3. The minimum absolute atomic E-state index is 0.0847. The lowest BCUT2D eigenvalue weighted by atomic mass is 9.79. The van der Waals surface area contributed by atoms with Gasteiger partial charge in [-0.15, -0.1) is 0 Å². The fourth-order valence-electron chi connectivity index (χ4n) is 6.15. The number of aromatic nitrogens is 1. The summed E-state index contributed by atoms with van der Waals surface area (Å²) in [5, 5.41) is 0. The molecular formula is C38H49N3O6. The minimum Gasteiger partial charge on any atom is -0.489 e. The van der Waals surface area contributed by atoms with Crippen molar-refractivity contribution in [1.29, 1.82) is 0 Å². The van der Waals surface area contributed by atoms with Crippen LogP contribution in [-0.2, 0) is 22.7 Å². The van der Waals surface area contributed by atoms with Crippen LogP contribution in [-0.4, -0.2) is 64.7 Å². The fourth-order valence-corrected chi connectivity index (χ4v) is 6.15. The van der Waals surface area contributed by atoms with Gasteiger partial charge in [0.1, 0.15) is 18.0 Å². The highest BCUT2D eigenvalue weighted by atomic mass is 16.6. The van der Waals surface area contributed by atoms with E-state index in [0.29, 0.717) is 63.4 Å². The molecule has 0 unspecified atom stereocenters. The highest BCUT2D eigenvalue weighted by molar-refractivity contribution is 5.82. The van der Waals surface area contributed by atoms with Crippen LogP contribution >= 0.6 is 0 Å². The molecule has 1 saturated carbocycles. The highest BCUT2D eigenvalue weighted by Gasteiger charge is 2.43. The summed E-state index contributed by atoms with van der Waals surface area (Å²) >= 11 is 0. The van der Waals surface area contributed by atoms with Crippen LogP contribution in [0.4, 0.5) is 4.79 Å². The number of amides is 2. The molecule has 0 N–H and O–H groups in total. The first kappa shape index (κ1) is 34.1. The molecular weight excluding hydrogens is 594 g/mol. The Morgan fingerprint density at radius 3 is 2.23 bits per heavy atom. The van der Waals surface area contributed by atoms with Crippen molar-refractivity contribution < 1.29 is 28.5 Å². The van der Waals surface area contributed by atoms with Gasteiger partial charge in [0.05, 0.1) is 19.1 Å². The Morgan fingerprint density at radius 1 is 0.894 bits per heavy atom. The topological polar surface area (TPSA) is 90.4 Å². The summed E-state index contributed by atoms with van der Waals surface area (Å²) in [5.41, 5.74) is 3.58. The molecule has 1 aliphatic carbocycles. The third-order valence-electron chi connectivity index (χ3n) is 8.40. The standard InChI is InChI=1S/C38H49N3O6/c1-7-44-34-20-28(21-35(39-34)45-8-2)25-46-31-14-10-13-29(22-31)32-17-18-40(37(43)47-38(4,5)6)24-33(32)36(42)41(30-15-16-30)23-27-12-9-11-26(3)19-27/h9-14,19-22,30,32-33H,7-8,15-18,23-25H2,1-6H3/t32-,33+/m1/s1. The van der Waals surface area contributed by atoms with Crippen LogP contribution in [0.15, 0.2) is 60.7 Å². The summed E-state index contributed by atoms with van der Waals surface area (Å²) in [4.78, 5) is 35.9. The normalized spacial score (nSPS) is 18.0. The molecule has 2 amide bonds. The average Bonchev–Trinajstić information content (AvgIpc) is 3.87. The van der Waals surface area contributed by atoms with Gasteiger partial charge in [0.15, 0.2) is 0 Å². The molecule has 0 spiro atoms. The summed E-state index contributed by atoms with van der Waals surface area (Å²) in [6.45, 7) is 14.2. The number of aryl methyl sites for hydroxylation is 1. The number of piperidine rings is 1. The second kappa shape index (κ2) is 15.1. The summed E-state index contributed by atoms with van der Waals surface area (Å²) < 4.78 is 23.3. The predicted octanol–water partition coefficient (Wildman–Crippen LogP) is 7.30. The van der Waals surface area contributed by atoms with E-state index < -0.39 is 11.5 Å². The van der Waals surface area contributed by atoms with Crippen molar-refractivity contribution in [3.63, 3.8) is 0 Å². The molecule has 2 aliphatic rings. The van der Waals surface area contributed by atoms with E-state index in [2.05, 4.69) is 36.2 Å². The van der Waals surface area contributed by atoms with Crippen molar-refractivity contribution in [2.75, 3.05) is 26.3 Å². The molecule has 9 nitrogen and oxygen atoms in total. The van der Waals surface area contributed by atoms with Crippen molar-refractivity contribution in [1.82, 2.24) is 14.8 Å². The monoisotopic (exact) mass is 643 g/mol. The number of carbonyl (C=O) groups is 2. The summed E-state index contributed by atoms with van der Waals surface area (Å²) in [5.74, 6) is 1.28. The summed E-state index contributed by atoms with van der Waals surface area (Å²) in [6, 6.07) is 20.3. The second-order valence-corrected chi connectivity index (χ2v) is 13.5. The summed E-state index contributed by atoms with van der Waals surface area (Å²) in [6.07, 6.45) is 2.26. The van der Waals surface area contributed by atoms with E-state index >= 15 is 0 Å². The zero-order valence-corrected chi connectivity index (χ0v) is 28.7. The van der Waals surface area contributed by atoms with E-state index in [-0.39, 0.29) is 24.0 Å². The number of likely N-dealkylation sites (tertiary alicyclic amines) is 1. The van der Waals surface area contributed by atoms with Crippen molar-refractivity contribution >= 4 is 12.0 Å². The van der Waals surface area contributed by atoms with Gasteiger partial charge in [-0.3, -0.25) is 4.79 Å². The molecule has 2 aromatic carbocycles. The minimum atomic E-state index is -0.619. The van der Waals surface area contributed by atoms with Crippen LogP contribution in [0.2, 0.25) is 0 Å². The van der Waals surface area contributed by atoms with E-state index in [0.717, 1.165) is 29.5 Å². The number of ether oxygens (including phenoxy) is 4. The van der Waals surface area contributed by atoms with E-state index in [4.69, 9.17) is 18.9 Å². The molecule has 0 bridgehead atoms. The van der Waals surface area contributed by atoms with E-state index in [1.165, 1.54) is 5.56 Å². The van der Waals surface area contributed by atoms with Gasteiger partial charge in [-0.05, 0) is 95.5 Å². The lowest BCUT2D eigenvalue weighted by Crippen LogP contribution is -2.51. The number of rotatable bonds is 12. The number of carbonyl (C=O) groups excluding carboxylic acids is 2. The SMILES string of the molecule is CCOc1cc(COc2cccc([C@H]3CCN(C(=O)OC(C)(C)C)C[C@@H]3C(=O)N(Cc3cccc(C)c3)C3CC3)c2)cc(OCC)n1. The maximum Gasteiger partial charge on any atom is 0.410 e. The molecule has 1 saturated heterocycles. The van der Waals surface area contributed by atoms with E-state index in [9.17, 15) is 9.59 Å². The number of hydrogen-bond acceptors (Lipinski definition) is 7. The largest absolute Gasteiger partial charge is 0.489 e. The molecule has 47 heavy (non-hydrogen) atoms. The maximum absolute atomic E-state index is 14.6. The van der Waals surface area contributed by atoms with Gasteiger partial charge in [0, 0.05) is 37.8 Å². The van der Waals surface area contributed by atoms with Gasteiger partial charge in [0.2, 0.25) is 17.7 Å². The smallest absolute Gasteiger partial charge is 0.410 e. The van der Waals surface area contributed by atoms with Crippen molar-refractivity contribution in [2.45, 2.75) is 91.5 Å². The maximum atomic E-state index is 14.6. The van der Waals surface area contributed by atoms with Crippen LogP contribution in [0.1, 0.15) is 82.1 Å². The first-order chi connectivity index (χ1) is 22.5. The van der Waals surface area contributed by atoms with Crippen LogP contribution in [0.5, 0.6) is 17.5 Å². The Bertz CT molecular complexity index is 1510. The van der Waals surface area contributed by atoms with Gasteiger partial charge in [0.25, 0.3) is 0 Å². The zero-order chi connectivity index (χ0) is 33.6. The Labute approximate surface area is 279 Å². The molecule has 0 radical (unpaired) electrons. The lowest BCUT2D eigenvalue weighted by Gasteiger charge is -2.40. The van der Waals surface area contributed by atoms with Crippen molar-refractivity contribution in [2.24, 2.45) is 5.92 Å². The van der Waals surface area contributed by atoms with Gasteiger partial charge >= 0.3 is 6.09 Å². The number of benzene rings is 2. The molecule has 1 aromatic heterocycles. The second-order valence-electron chi connectivity index (χ2n) is 13.5. The molecule has 2 fully saturated rings. The van der Waals surface area contributed by atoms with Gasteiger partial charge in [-0.25, -0.2) is 4.79 Å². The Kier molecular flexibility index (Phi) is 10.9. The fraction of sp³-hybridized carbons (Fsp3) is 0.500. The van der Waals surface area contributed by atoms with Crippen LogP contribution in [0.25, 0.3) is 0 Å². The molecule has 2 atom stereocenters. The first-order valence-electron chi connectivity index (χ1n) is 16.9. The first-order valence-corrected chi connectivity index (χ1v) is 16.9. The molecule has 3 aromatic rings. The van der Waals surface area contributed by atoms with Gasteiger partial charge in [-0.2, -0.15) is 4.98 Å². The molecule has 252 valence electrons. The Morgan fingerprint density at radius 2 is 1.60 bits per heavy atom. The highest BCUT2D eigenvalue weighted by Crippen LogP contribution is 2.39. The lowest BCUT2D eigenvalue weighted by molar-refractivity contribution is -0.139. The molecule has 5 rings (SSSR count). The van der Waals surface area contributed by atoms with E-state index in [1.807, 2.05) is 75.9 Å². The Balaban J connectivity index is 1.38. The predicted molar refractivity (Wildman–Crippen MR) is 181 cm³/mol. The molecule has 2 heterocycles. The molecule has 9 heteroatoms. The quantitative estimate of drug-likeness (QED) is 0.205. The van der Waals surface area contributed by atoms with E-state index in [1.54, 1.807) is 4.90 Å². The number of hydrogen-bond donors (Lipinski definition) is 0. The number of pyridine rings is 1. The van der Waals surface area contributed by atoms with Crippen molar-refractivity contribution in [3.05, 3.63) is 82.9 Å². The van der Waals surface area contributed by atoms with Crippen LogP contribution in [0.3, 0.4) is 0 Å². The van der Waals surface area contributed by atoms with Gasteiger partial charge < -0.3 is 28.7 Å². The summed E-state index contributed by atoms with van der Waals surface area (Å²) in [7, 11) is 0. The molecule has 1 aliphatic heterocycles. The third-order valence-corrected chi connectivity index (χ3v) is 8.40. The zero-order valence-electron chi connectivity index (χ0n) is 28.7. The third kappa shape index (κ3) is 9.40. The van der Waals surface area contributed by atoms with Crippen LogP contribution < -0.4 is 14.2 Å². The van der Waals surface area contributed by atoms with Crippen LogP contribution in [0, 0.1) is 12.8 Å². The van der Waals surface area contributed by atoms with Crippen molar-refractivity contribution in [3.8, 4) is 17.5 Å². The van der Waals surface area contributed by atoms with Gasteiger partial charge in [-0.1, -0.05) is 42.0 Å². The average molecular weight is 644 g/mol. The Hall–Kier alpha value is -4.27.